The molecule has 8 nitrogen and oxygen atoms in total. The lowest BCUT2D eigenvalue weighted by Gasteiger charge is -2.22. The highest BCUT2D eigenvalue weighted by Crippen LogP contribution is 2.25. The number of hydrogen-bond donors (Lipinski definition) is 3. The molecule has 152 valence electrons. The number of aliphatic hydroxyl groups excluding tert-OH is 1. The first-order valence-corrected chi connectivity index (χ1v) is 10.0. The fourth-order valence-corrected chi connectivity index (χ4v) is 3.55. The third-order valence-electron chi connectivity index (χ3n) is 5.14. The molecule has 0 aliphatic carbocycles. The SMILES string of the molecule is O=C1NCCN(CCCCO)CCNc2ccn3ncc(c3n2)-c2cccc1c2. The summed E-state index contributed by atoms with van der Waals surface area (Å²) in [6.07, 6.45) is 5.38. The van der Waals surface area contributed by atoms with Crippen molar-refractivity contribution < 1.29 is 9.90 Å². The predicted octanol–water partition coefficient (Wildman–Crippen LogP) is 1.63. The number of anilines is 1. The van der Waals surface area contributed by atoms with Crippen LogP contribution in [0.1, 0.15) is 23.2 Å². The van der Waals surface area contributed by atoms with Gasteiger partial charge in [-0.05, 0) is 43.1 Å². The van der Waals surface area contributed by atoms with Crippen molar-refractivity contribution in [3.8, 4) is 11.1 Å². The van der Waals surface area contributed by atoms with Gasteiger partial charge in [0.15, 0.2) is 5.65 Å². The molecule has 1 aromatic carbocycles. The molecule has 0 radical (unpaired) electrons. The van der Waals surface area contributed by atoms with Crippen LogP contribution in [-0.2, 0) is 0 Å². The number of aliphatic hydroxyl groups is 1. The maximum Gasteiger partial charge on any atom is 0.251 e. The average Bonchev–Trinajstić information content (AvgIpc) is 3.16. The second-order valence-electron chi connectivity index (χ2n) is 7.18. The molecule has 3 N–H and O–H groups in total. The number of carbonyl (C=O) groups excluding carboxylic acids is 1. The van der Waals surface area contributed by atoms with E-state index in [0.29, 0.717) is 12.1 Å². The molecule has 4 rings (SSSR count). The molecule has 0 atom stereocenters. The highest BCUT2D eigenvalue weighted by molar-refractivity contribution is 5.96. The van der Waals surface area contributed by atoms with Crippen molar-refractivity contribution in [3.05, 3.63) is 48.3 Å². The van der Waals surface area contributed by atoms with Crippen molar-refractivity contribution in [3.63, 3.8) is 0 Å². The monoisotopic (exact) mass is 394 g/mol. The van der Waals surface area contributed by atoms with E-state index in [1.165, 1.54) is 0 Å². The topological polar surface area (TPSA) is 94.8 Å². The fourth-order valence-electron chi connectivity index (χ4n) is 3.55. The number of carbonyl (C=O) groups is 1. The van der Waals surface area contributed by atoms with E-state index in [1.807, 2.05) is 36.5 Å². The number of aromatic nitrogens is 3. The highest BCUT2D eigenvalue weighted by atomic mass is 16.2. The number of amides is 1. The van der Waals surface area contributed by atoms with Gasteiger partial charge in [0, 0.05) is 50.1 Å². The Kier molecular flexibility index (Phi) is 6.02. The summed E-state index contributed by atoms with van der Waals surface area (Å²) in [6, 6.07) is 9.47. The van der Waals surface area contributed by atoms with Gasteiger partial charge in [-0.3, -0.25) is 9.69 Å². The first-order chi connectivity index (χ1) is 14.2. The van der Waals surface area contributed by atoms with Gasteiger partial charge < -0.3 is 15.7 Å². The second kappa shape index (κ2) is 9.02. The van der Waals surface area contributed by atoms with Gasteiger partial charge >= 0.3 is 0 Å². The highest BCUT2D eigenvalue weighted by Gasteiger charge is 2.13. The molecule has 3 heterocycles. The Morgan fingerprint density at radius 1 is 1.07 bits per heavy atom. The summed E-state index contributed by atoms with van der Waals surface area (Å²) in [7, 11) is 0. The smallest absolute Gasteiger partial charge is 0.251 e. The first-order valence-electron chi connectivity index (χ1n) is 10.0. The van der Waals surface area contributed by atoms with Crippen LogP contribution in [0, 0.1) is 0 Å². The van der Waals surface area contributed by atoms with Gasteiger partial charge in [0.1, 0.15) is 5.82 Å². The van der Waals surface area contributed by atoms with Gasteiger partial charge in [0.05, 0.1) is 6.20 Å². The normalized spacial score (nSPS) is 15.6. The van der Waals surface area contributed by atoms with E-state index in [4.69, 9.17) is 10.1 Å². The first kappa shape index (κ1) is 19.4. The lowest BCUT2D eigenvalue weighted by Crippen LogP contribution is -2.38. The summed E-state index contributed by atoms with van der Waals surface area (Å²) in [5, 5.41) is 19.9. The van der Waals surface area contributed by atoms with Crippen LogP contribution in [-0.4, -0.2) is 69.8 Å². The molecule has 0 fully saturated rings. The van der Waals surface area contributed by atoms with E-state index in [9.17, 15) is 4.79 Å². The molecule has 2 aromatic heterocycles. The third-order valence-corrected chi connectivity index (χ3v) is 5.14. The molecular weight excluding hydrogens is 368 g/mol. The quantitative estimate of drug-likeness (QED) is 0.582. The number of nitrogens with zero attached hydrogens (tertiary/aromatic N) is 4. The average molecular weight is 394 g/mol. The summed E-state index contributed by atoms with van der Waals surface area (Å²) < 4.78 is 1.74. The van der Waals surface area contributed by atoms with Crippen molar-refractivity contribution >= 4 is 17.4 Å². The van der Waals surface area contributed by atoms with Crippen LogP contribution >= 0.6 is 0 Å². The minimum Gasteiger partial charge on any atom is -0.396 e. The van der Waals surface area contributed by atoms with Crippen molar-refractivity contribution in [1.82, 2.24) is 24.8 Å². The van der Waals surface area contributed by atoms with Crippen LogP contribution in [0.4, 0.5) is 5.82 Å². The molecule has 8 heteroatoms. The Hall–Kier alpha value is -2.97. The summed E-state index contributed by atoms with van der Waals surface area (Å²) >= 11 is 0. The zero-order valence-electron chi connectivity index (χ0n) is 16.3. The Balaban J connectivity index is 1.64. The standard InChI is InChI=1S/C21H26N6O2/c28-13-2-1-9-26-11-7-22-19-6-10-27-20(25-19)18(15-24-27)16-4-3-5-17(14-16)21(29)23-8-12-26/h3-6,10,14-15,28H,1-2,7-9,11-13H2,(H,22,25)(H,23,29). The van der Waals surface area contributed by atoms with E-state index in [-0.39, 0.29) is 12.5 Å². The van der Waals surface area contributed by atoms with Crippen LogP contribution in [0.25, 0.3) is 16.8 Å². The zero-order valence-corrected chi connectivity index (χ0v) is 16.3. The Morgan fingerprint density at radius 2 is 1.90 bits per heavy atom. The molecule has 29 heavy (non-hydrogen) atoms. The molecular formula is C21H26N6O2. The fraction of sp³-hybridized carbons (Fsp3) is 0.381. The van der Waals surface area contributed by atoms with Crippen LogP contribution in [0.15, 0.2) is 42.7 Å². The number of rotatable bonds is 4. The van der Waals surface area contributed by atoms with E-state index < -0.39 is 0 Å². The third kappa shape index (κ3) is 4.55. The molecule has 0 spiro atoms. The minimum atomic E-state index is -0.0831. The molecule has 1 aliphatic rings. The molecule has 3 aromatic rings. The lowest BCUT2D eigenvalue weighted by atomic mass is 10.1. The number of hydrogen-bond acceptors (Lipinski definition) is 6. The number of benzene rings is 1. The summed E-state index contributed by atoms with van der Waals surface area (Å²) in [5.74, 6) is 0.718. The Morgan fingerprint density at radius 3 is 2.76 bits per heavy atom. The molecule has 0 saturated carbocycles. The number of fused-ring (bicyclic) bond motifs is 4. The molecule has 4 bridgehead atoms. The van der Waals surface area contributed by atoms with Gasteiger partial charge in [-0.25, -0.2) is 9.50 Å². The number of unbranched alkanes of at least 4 members (excludes halogenated alkanes) is 1. The summed E-state index contributed by atoms with van der Waals surface area (Å²) in [5.41, 5.74) is 3.18. The Bertz CT molecular complexity index is 986. The van der Waals surface area contributed by atoms with Gasteiger partial charge in [0.2, 0.25) is 0 Å². The van der Waals surface area contributed by atoms with Crippen LogP contribution in [0.5, 0.6) is 0 Å². The molecule has 1 amide bonds. The predicted molar refractivity (Wildman–Crippen MR) is 112 cm³/mol. The maximum atomic E-state index is 12.6. The van der Waals surface area contributed by atoms with Gasteiger partial charge in [0.25, 0.3) is 5.91 Å². The largest absolute Gasteiger partial charge is 0.396 e. The summed E-state index contributed by atoms with van der Waals surface area (Å²) in [4.78, 5) is 19.7. The minimum absolute atomic E-state index is 0.0831. The van der Waals surface area contributed by atoms with Gasteiger partial charge in [-0.2, -0.15) is 5.10 Å². The van der Waals surface area contributed by atoms with Crippen LogP contribution in [0.3, 0.4) is 0 Å². The maximum absolute atomic E-state index is 12.6. The van der Waals surface area contributed by atoms with Crippen molar-refractivity contribution in [2.24, 2.45) is 0 Å². The molecule has 1 aliphatic heterocycles. The van der Waals surface area contributed by atoms with Crippen molar-refractivity contribution in [2.45, 2.75) is 12.8 Å². The van der Waals surface area contributed by atoms with Crippen LogP contribution in [0.2, 0.25) is 0 Å². The second-order valence-corrected chi connectivity index (χ2v) is 7.18. The molecule has 0 saturated heterocycles. The van der Waals surface area contributed by atoms with Crippen molar-refractivity contribution in [2.75, 3.05) is 44.6 Å². The van der Waals surface area contributed by atoms with Crippen LogP contribution < -0.4 is 10.6 Å². The van der Waals surface area contributed by atoms with E-state index in [2.05, 4.69) is 20.6 Å². The zero-order chi connectivity index (χ0) is 20.1. The lowest BCUT2D eigenvalue weighted by molar-refractivity contribution is 0.0948. The van der Waals surface area contributed by atoms with E-state index in [0.717, 1.165) is 61.6 Å². The van der Waals surface area contributed by atoms with Gasteiger partial charge in [-0.15, -0.1) is 0 Å². The van der Waals surface area contributed by atoms with E-state index in [1.54, 1.807) is 10.7 Å². The van der Waals surface area contributed by atoms with E-state index >= 15 is 0 Å². The van der Waals surface area contributed by atoms with Crippen molar-refractivity contribution in [1.29, 1.82) is 0 Å². The van der Waals surface area contributed by atoms with Gasteiger partial charge in [-0.1, -0.05) is 12.1 Å². The summed E-state index contributed by atoms with van der Waals surface area (Å²) in [6.45, 7) is 3.99. The Labute approximate surface area is 169 Å². The number of nitrogens with one attached hydrogen (secondary N) is 2. The molecule has 0 unspecified atom stereocenters.